The van der Waals surface area contributed by atoms with Crippen LogP contribution in [0.15, 0.2) is 55.3 Å². The smallest absolute Gasteiger partial charge is 0.330 e. The highest BCUT2D eigenvalue weighted by Gasteiger charge is 2.31. The molecule has 0 atom stereocenters. The zero-order chi connectivity index (χ0) is 29.7. The molecule has 12 nitrogen and oxygen atoms in total. The number of likely N-dealkylation sites (N-methyl/N-ethyl adjacent to an activating group) is 2. The van der Waals surface area contributed by atoms with E-state index in [1.165, 1.54) is 11.0 Å². The molecule has 0 radical (unpaired) electrons. The summed E-state index contributed by atoms with van der Waals surface area (Å²) in [4.78, 5) is 41.9. The number of amides is 3. The molecule has 0 fully saturated rings. The molecule has 12 heteroatoms. The molecule has 0 spiro atoms. The lowest BCUT2D eigenvalue weighted by molar-refractivity contribution is -0.111. The van der Waals surface area contributed by atoms with E-state index in [2.05, 4.69) is 32.1 Å². The Morgan fingerprint density at radius 1 is 1.12 bits per heavy atom. The standard InChI is InChI=1S/C29H36N8O4/c1-8-26(38)31-22-15-23(25(41-7)16-24(22)35(4)13-12-34(2)3)32-28-30-17-19-18-37(29(39)36(5)27(19)33-28)20-10-9-11-21(14-20)40-6/h8-11,14-17H,1,12-13,18H2,2-7H3,(H,31,38)(H,30,32,33). The number of methoxy groups -OCH3 is 2. The molecule has 2 N–H and O–H groups in total. The van der Waals surface area contributed by atoms with Crippen LogP contribution in [0.1, 0.15) is 5.56 Å². The summed E-state index contributed by atoms with van der Waals surface area (Å²) in [5.74, 6) is 1.61. The SMILES string of the molecule is C=CC(=O)Nc1cc(Nc2ncc3c(n2)N(C)C(=O)N(c2cccc(OC)c2)C3)c(OC)cc1N(C)CCN(C)C. The van der Waals surface area contributed by atoms with Gasteiger partial charge in [-0.15, -0.1) is 0 Å². The topological polar surface area (TPSA) is 115 Å². The number of aromatic nitrogens is 2. The van der Waals surface area contributed by atoms with Crippen LogP contribution in [0.3, 0.4) is 0 Å². The van der Waals surface area contributed by atoms with Crippen molar-refractivity contribution in [2.75, 3.05) is 80.8 Å². The summed E-state index contributed by atoms with van der Waals surface area (Å²) < 4.78 is 11.0. The van der Waals surface area contributed by atoms with Gasteiger partial charge in [-0.3, -0.25) is 14.6 Å². The van der Waals surface area contributed by atoms with Crippen molar-refractivity contribution in [3.8, 4) is 11.5 Å². The Morgan fingerprint density at radius 2 is 1.90 bits per heavy atom. The van der Waals surface area contributed by atoms with Crippen LogP contribution in [0.4, 0.5) is 39.3 Å². The molecule has 0 bridgehead atoms. The van der Waals surface area contributed by atoms with Gasteiger partial charge in [-0.2, -0.15) is 4.98 Å². The monoisotopic (exact) mass is 560 g/mol. The van der Waals surface area contributed by atoms with Crippen LogP contribution < -0.4 is 34.8 Å². The Hall–Kier alpha value is -4.84. The van der Waals surface area contributed by atoms with Crippen molar-refractivity contribution in [2.24, 2.45) is 0 Å². The minimum atomic E-state index is -0.339. The number of urea groups is 1. The Morgan fingerprint density at radius 3 is 2.59 bits per heavy atom. The molecule has 0 aliphatic carbocycles. The van der Waals surface area contributed by atoms with Crippen LogP contribution in [-0.4, -0.2) is 82.3 Å². The van der Waals surface area contributed by atoms with Gasteiger partial charge in [0.1, 0.15) is 17.3 Å². The molecule has 1 aliphatic rings. The fourth-order valence-electron chi connectivity index (χ4n) is 4.38. The number of ether oxygens (including phenoxy) is 2. The fourth-order valence-corrected chi connectivity index (χ4v) is 4.38. The van der Waals surface area contributed by atoms with Gasteiger partial charge in [-0.05, 0) is 38.4 Å². The molecule has 1 aliphatic heterocycles. The van der Waals surface area contributed by atoms with Crippen LogP contribution in [-0.2, 0) is 11.3 Å². The zero-order valence-electron chi connectivity index (χ0n) is 24.3. The van der Waals surface area contributed by atoms with E-state index in [0.717, 1.165) is 24.3 Å². The average molecular weight is 561 g/mol. The lowest BCUT2D eigenvalue weighted by atomic mass is 10.2. The predicted molar refractivity (Wildman–Crippen MR) is 162 cm³/mol. The number of fused-ring (bicyclic) bond motifs is 1. The van der Waals surface area contributed by atoms with E-state index in [1.807, 2.05) is 56.4 Å². The van der Waals surface area contributed by atoms with Gasteiger partial charge in [0.2, 0.25) is 11.9 Å². The second kappa shape index (κ2) is 12.6. The Kier molecular flexibility index (Phi) is 8.93. The third-order valence-corrected chi connectivity index (χ3v) is 6.67. The molecule has 3 amide bonds. The molecule has 1 aromatic heterocycles. The first-order valence-electron chi connectivity index (χ1n) is 13.0. The third-order valence-electron chi connectivity index (χ3n) is 6.67. The highest BCUT2D eigenvalue weighted by atomic mass is 16.5. The first kappa shape index (κ1) is 29.2. The first-order chi connectivity index (χ1) is 19.6. The van der Waals surface area contributed by atoms with Crippen LogP contribution in [0.25, 0.3) is 0 Å². The van der Waals surface area contributed by atoms with Gasteiger partial charge < -0.3 is 29.9 Å². The summed E-state index contributed by atoms with van der Waals surface area (Å²) in [5, 5.41) is 6.08. The maximum atomic E-state index is 13.3. The van der Waals surface area contributed by atoms with E-state index in [-0.39, 0.29) is 17.9 Å². The average Bonchev–Trinajstić information content (AvgIpc) is 2.97. The van der Waals surface area contributed by atoms with Crippen LogP contribution in [0, 0.1) is 0 Å². The van der Waals surface area contributed by atoms with Crippen molar-refractivity contribution >= 4 is 46.5 Å². The van der Waals surface area contributed by atoms with Gasteiger partial charge in [0.15, 0.2) is 0 Å². The number of hydrogen-bond acceptors (Lipinski definition) is 9. The quantitative estimate of drug-likeness (QED) is 0.337. The fraction of sp³-hybridized carbons (Fsp3) is 0.310. The molecule has 3 aromatic rings. The summed E-state index contributed by atoms with van der Waals surface area (Å²) in [5.41, 5.74) is 3.38. The minimum absolute atomic E-state index is 0.229. The van der Waals surface area contributed by atoms with Crippen molar-refractivity contribution in [3.05, 3.63) is 60.8 Å². The maximum absolute atomic E-state index is 13.3. The molecule has 2 aromatic carbocycles. The highest BCUT2D eigenvalue weighted by molar-refractivity contribution is 6.05. The molecular formula is C29H36N8O4. The summed E-state index contributed by atoms with van der Waals surface area (Å²) in [6, 6.07) is 10.7. The van der Waals surface area contributed by atoms with Gasteiger partial charge in [-0.1, -0.05) is 12.6 Å². The van der Waals surface area contributed by atoms with E-state index in [9.17, 15) is 9.59 Å². The number of hydrogen-bond donors (Lipinski definition) is 2. The number of carbonyl (C=O) groups is 2. The van der Waals surface area contributed by atoms with E-state index >= 15 is 0 Å². The van der Waals surface area contributed by atoms with Gasteiger partial charge >= 0.3 is 6.03 Å². The molecule has 0 saturated carbocycles. The van der Waals surface area contributed by atoms with Gasteiger partial charge in [0.05, 0.1) is 37.8 Å². The number of carbonyl (C=O) groups excluding carboxylic acids is 2. The van der Waals surface area contributed by atoms with Gasteiger partial charge in [0.25, 0.3) is 0 Å². The van der Waals surface area contributed by atoms with Crippen molar-refractivity contribution in [1.29, 1.82) is 0 Å². The molecular weight excluding hydrogens is 524 g/mol. The van der Waals surface area contributed by atoms with E-state index in [0.29, 0.717) is 40.9 Å². The first-order valence-corrected chi connectivity index (χ1v) is 13.0. The van der Waals surface area contributed by atoms with E-state index in [1.54, 1.807) is 38.4 Å². The zero-order valence-corrected chi connectivity index (χ0v) is 24.3. The lowest BCUT2D eigenvalue weighted by Gasteiger charge is -2.34. The number of anilines is 6. The van der Waals surface area contributed by atoms with Crippen molar-refractivity contribution in [3.63, 3.8) is 0 Å². The normalized spacial score (nSPS) is 12.6. The molecule has 0 unspecified atom stereocenters. The minimum Gasteiger partial charge on any atom is -0.497 e. The van der Waals surface area contributed by atoms with Crippen LogP contribution in [0.5, 0.6) is 11.5 Å². The summed E-state index contributed by atoms with van der Waals surface area (Å²) in [6.45, 7) is 5.41. The molecule has 216 valence electrons. The Labute approximate surface area is 240 Å². The summed E-state index contributed by atoms with van der Waals surface area (Å²) in [6.07, 6.45) is 2.91. The number of rotatable bonds is 11. The number of benzene rings is 2. The maximum Gasteiger partial charge on any atom is 0.330 e. The van der Waals surface area contributed by atoms with Crippen LogP contribution in [0.2, 0.25) is 0 Å². The highest BCUT2D eigenvalue weighted by Crippen LogP contribution is 2.38. The molecule has 0 saturated heterocycles. The summed E-state index contributed by atoms with van der Waals surface area (Å²) >= 11 is 0. The van der Waals surface area contributed by atoms with Gasteiger partial charge in [0, 0.05) is 56.8 Å². The number of nitrogens with one attached hydrogen (secondary N) is 2. The second-order valence-corrected chi connectivity index (χ2v) is 9.78. The lowest BCUT2D eigenvalue weighted by Crippen LogP contribution is -2.46. The molecule has 41 heavy (non-hydrogen) atoms. The van der Waals surface area contributed by atoms with Crippen molar-refractivity contribution in [2.45, 2.75) is 6.54 Å². The summed E-state index contributed by atoms with van der Waals surface area (Å²) in [7, 11) is 10.8. The predicted octanol–water partition coefficient (Wildman–Crippen LogP) is 3.94. The second-order valence-electron chi connectivity index (χ2n) is 9.78. The van der Waals surface area contributed by atoms with E-state index in [4.69, 9.17) is 9.47 Å². The largest absolute Gasteiger partial charge is 0.497 e. The van der Waals surface area contributed by atoms with E-state index < -0.39 is 0 Å². The third kappa shape index (κ3) is 6.49. The Balaban J connectivity index is 1.65. The van der Waals surface area contributed by atoms with Crippen molar-refractivity contribution < 1.29 is 19.1 Å². The van der Waals surface area contributed by atoms with Crippen LogP contribution >= 0.6 is 0 Å². The van der Waals surface area contributed by atoms with Gasteiger partial charge in [-0.25, -0.2) is 9.78 Å². The molecule has 4 rings (SSSR count). The molecule has 2 heterocycles. The Bertz CT molecular complexity index is 1440. The van der Waals surface area contributed by atoms with Crippen molar-refractivity contribution in [1.82, 2.24) is 14.9 Å². The number of nitrogens with zero attached hydrogens (tertiary/aromatic N) is 6.